The van der Waals surface area contributed by atoms with Crippen molar-refractivity contribution in [3.63, 3.8) is 0 Å². The molecule has 1 aromatic heterocycles. The first-order valence-corrected chi connectivity index (χ1v) is 9.94. The van der Waals surface area contributed by atoms with Gasteiger partial charge in [0.15, 0.2) is 0 Å². The first kappa shape index (κ1) is 16.9. The number of aliphatic hydroxyl groups excluding tert-OH is 1. The number of hydrazone groups is 1. The Balaban J connectivity index is 1.68. The molecule has 2 aliphatic heterocycles. The van der Waals surface area contributed by atoms with Gasteiger partial charge >= 0.3 is 0 Å². The van der Waals surface area contributed by atoms with Crippen molar-refractivity contribution in [2.45, 2.75) is 44.9 Å². The molecule has 6 heteroatoms. The van der Waals surface area contributed by atoms with E-state index in [9.17, 15) is 5.11 Å². The minimum Gasteiger partial charge on any atom is -0.512 e. The Kier molecular flexibility index (Phi) is 3.54. The van der Waals surface area contributed by atoms with Crippen LogP contribution in [0.5, 0.6) is 5.75 Å². The fourth-order valence-electron chi connectivity index (χ4n) is 4.62. The van der Waals surface area contributed by atoms with Crippen molar-refractivity contribution in [2.75, 3.05) is 0 Å². The number of aliphatic hydroxyl groups is 1. The predicted molar refractivity (Wildman–Crippen MR) is 106 cm³/mol. The number of furan rings is 1. The maximum absolute atomic E-state index is 10.5. The Bertz CT molecular complexity index is 964. The van der Waals surface area contributed by atoms with Crippen molar-refractivity contribution in [1.82, 2.24) is 5.01 Å². The fraction of sp³-hybridized carbons (Fsp3) is 0.381. The van der Waals surface area contributed by atoms with E-state index in [4.69, 9.17) is 14.3 Å². The maximum atomic E-state index is 10.5. The minimum atomic E-state index is -0.800. The van der Waals surface area contributed by atoms with E-state index in [1.807, 2.05) is 35.4 Å². The highest BCUT2D eigenvalue weighted by atomic mass is 79.9. The van der Waals surface area contributed by atoms with E-state index in [1.54, 1.807) is 6.26 Å². The van der Waals surface area contributed by atoms with Crippen LogP contribution in [0.2, 0.25) is 0 Å². The van der Waals surface area contributed by atoms with Gasteiger partial charge in [-0.2, -0.15) is 5.10 Å². The van der Waals surface area contributed by atoms with Crippen LogP contribution in [0, 0.1) is 5.41 Å². The second kappa shape index (κ2) is 5.64. The normalized spacial score (nSPS) is 28.3. The Morgan fingerprint density at radius 1 is 1.30 bits per heavy atom. The van der Waals surface area contributed by atoms with Gasteiger partial charge in [-0.3, -0.25) is 0 Å². The minimum absolute atomic E-state index is 0.0318. The molecule has 1 aromatic carbocycles. The van der Waals surface area contributed by atoms with Gasteiger partial charge in [0.1, 0.15) is 17.2 Å². The summed E-state index contributed by atoms with van der Waals surface area (Å²) in [7, 11) is 0. The zero-order valence-electron chi connectivity index (χ0n) is 15.3. The molecule has 0 bridgehead atoms. The highest BCUT2D eigenvalue weighted by Gasteiger charge is 2.54. The molecule has 27 heavy (non-hydrogen) atoms. The fourth-order valence-corrected chi connectivity index (χ4v) is 5.00. The zero-order chi connectivity index (χ0) is 18.8. The molecule has 0 saturated carbocycles. The molecule has 5 nitrogen and oxygen atoms in total. The van der Waals surface area contributed by atoms with Gasteiger partial charge in [-0.1, -0.05) is 29.8 Å². The highest BCUT2D eigenvalue weighted by molar-refractivity contribution is 9.10. The van der Waals surface area contributed by atoms with E-state index < -0.39 is 5.72 Å². The predicted octanol–water partition coefficient (Wildman–Crippen LogP) is 5.54. The second-order valence-corrected chi connectivity index (χ2v) is 9.29. The average molecular weight is 429 g/mol. The summed E-state index contributed by atoms with van der Waals surface area (Å²) in [5.74, 6) is 1.98. The molecule has 1 N–H and O–H groups in total. The quantitative estimate of drug-likeness (QED) is 0.647. The molecule has 0 unspecified atom stereocenters. The summed E-state index contributed by atoms with van der Waals surface area (Å²) in [6.07, 6.45) is 5.62. The SMILES string of the molecule is CC1(C)CC(O)=C[C@@]2(C1)Oc1ccc(Br)cc1[C@H]1CC(c3ccco3)=NN12. The molecule has 0 amide bonds. The molecule has 0 fully saturated rings. The average Bonchev–Trinajstić information content (AvgIpc) is 3.23. The van der Waals surface area contributed by atoms with E-state index >= 15 is 0 Å². The third kappa shape index (κ3) is 2.69. The smallest absolute Gasteiger partial charge is 0.221 e. The highest BCUT2D eigenvalue weighted by Crippen LogP contribution is 2.53. The maximum Gasteiger partial charge on any atom is 0.221 e. The topological polar surface area (TPSA) is 58.2 Å². The van der Waals surface area contributed by atoms with Crippen molar-refractivity contribution < 1.29 is 14.3 Å². The first-order chi connectivity index (χ1) is 12.9. The number of fused-ring (bicyclic) bond motifs is 4. The zero-order valence-corrected chi connectivity index (χ0v) is 16.9. The molecule has 0 saturated heterocycles. The van der Waals surface area contributed by atoms with E-state index in [0.29, 0.717) is 12.2 Å². The lowest BCUT2D eigenvalue weighted by Gasteiger charge is -2.50. The summed E-state index contributed by atoms with van der Waals surface area (Å²) in [5, 5.41) is 17.4. The number of nitrogens with zero attached hydrogens (tertiary/aromatic N) is 2. The summed E-state index contributed by atoms with van der Waals surface area (Å²) in [6, 6.07) is 9.92. The van der Waals surface area contributed by atoms with Crippen LogP contribution in [0.3, 0.4) is 0 Å². The summed E-state index contributed by atoms with van der Waals surface area (Å²) < 4.78 is 13.1. The number of halogens is 1. The van der Waals surface area contributed by atoms with Crippen molar-refractivity contribution in [2.24, 2.45) is 10.5 Å². The molecule has 3 aliphatic rings. The number of hydrogen-bond acceptors (Lipinski definition) is 5. The van der Waals surface area contributed by atoms with Crippen molar-refractivity contribution in [3.05, 3.63) is 64.2 Å². The van der Waals surface area contributed by atoms with Gasteiger partial charge in [-0.05, 0) is 35.7 Å². The van der Waals surface area contributed by atoms with Crippen LogP contribution in [-0.4, -0.2) is 21.6 Å². The number of allylic oxidation sites excluding steroid dienone is 1. The van der Waals surface area contributed by atoms with Crippen LogP contribution in [0.15, 0.2) is 62.4 Å². The Morgan fingerprint density at radius 2 is 2.15 bits per heavy atom. The molecular weight excluding hydrogens is 408 g/mol. The van der Waals surface area contributed by atoms with Gasteiger partial charge in [-0.15, -0.1) is 0 Å². The van der Waals surface area contributed by atoms with Crippen LogP contribution in [-0.2, 0) is 0 Å². The Morgan fingerprint density at radius 3 is 2.89 bits per heavy atom. The number of rotatable bonds is 1. The monoisotopic (exact) mass is 428 g/mol. The second-order valence-electron chi connectivity index (χ2n) is 8.37. The van der Waals surface area contributed by atoms with Gasteiger partial charge in [0, 0.05) is 35.4 Å². The number of ether oxygens (including phenoxy) is 1. The lowest BCUT2D eigenvalue weighted by atomic mass is 9.75. The lowest BCUT2D eigenvalue weighted by Crippen LogP contribution is -2.56. The third-order valence-corrected chi connectivity index (χ3v) is 6.00. The largest absolute Gasteiger partial charge is 0.512 e. The summed E-state index contributed by atoms with van der Waals surface area (Å²) in [4.78, 5) is 0. The molecule has 0 radical (unpaired) electrons. The van der Waals surface area contributed by atoms with E-state index in [-0.39, 0.29) is 11.5 Å². The number of hydrogen-bond donors (Lipinski definition) is 1. The van der Waals surface area contributed by atoms with Gasteiger partial charge in [0.2, 0.25) is 5.72 Å². The van der Waals surface area contributed by atoms with Crippen molar-refractivity contribution in [3.8, 4) is 5.75 Å². The van der Waals surface area contributed by atoms with Gasteiger partial charge in [-0.25, -0.2) is 5.01 Å². The molecule has 3 heterocycles. The van der Waals surface area contributed by atoms with E-state index in [0.717, 1.165) is 40.1 Å². The molecule has 2 aromatic rings. The molecule has 2 atom stereocenters. The summed E-state index contributed by atoms with van der Waals surface area (Å²) in [5.41, 5.74) is 1.10. The van der Waals surface area contributed by atoms with Crippen LogP contribution >= 0.6 is 15.9 Å². The Hall–Kier alpha value is -2.21. The van der Waals surface area contributed by atoms with Gasteiger partial charge < -0.3 is 14.3 Å². The van der Waals surface area contributed by atoms with E-state index in [2.05, 4.69) is 35.8 Å². The van der Waals surface area contributed by atoms with Gasteiger partial charge in [0.05, 0.1) is 18.1 Å². The van der Waals surface area contributed by atoms with Crippen LogP contribution in [0.4, 0.5) is 0 Å². The van der Waals surface area contributed by atoms with Gasteiger partial charge in [0.25, 0.3) is 0 Å². The first-order valence-electron chi connectivity index (χ1n) is 9.15. The van der Waals surface area contributed by atoms with Crippen LogP contribution in [0.1, 0.15) is 50.5 Å². The molecule has 5 rings (SSSR count). The van der Waals surface area contributed by atoms with Crippen molar-refractivity contribution >= 4 is 21.6 Å². The van der Waals surface area contributed by atoms with E-state index in [1.165, 1.54) is 0 Å². The Labute approximate surface area is 166 Å². The van der Waals surface area contributed by atoms with Crippen molar-refractivity contribution in [1.29, 1.82) is 0 Å². The number of benzene rings is 1. The van der Waals surface area contributed by atoms with Crippen LogP contribution < -0.4 is 4.74 Å². The summed E-state index contributed by atoms with van der Waals surface area (Å²) >= 11 is 3.57. The van der Waals surface area contributed by atoms with Crippen LogP contribution in [0.25, 0.3) is 0 Å². The molecular formula is C21H21BrN2O3. The summed E-state index contributed by atoms with van der Waals surface area (Å²) in [6.45, 7) is 4.31. The molecule has 1 aliphatic carbocycles. The molecule has 1 spiro atoms. The lowest BCUT2D eigenvalue weighted by molar-refractivity contribution is -0.115. The standard InChI is InChI=1S/C21H21BrN2O3/c1-20(2)10-14(25)11-21(12-20)24-17(9-16(23-24)19-4-3-7-26-19)15-8-13(22)5-6-18(15)27-21/h3-8,11,17,25H,9-10,12H2,1-2H3/t17-,21+/m1/s1. The molecule has 140 valence electrons. The third-order valence-electron chi connectivity index (χ3n) is 5.50.